The summed E-state index contributed by atoms with van der Waals surface area (Å²) in [5.41, 5.74) is 0. The minimum absolute atomic E-state index is 0.388. The van der Waals surface area contributed by atoms with Crippen LogP contribution in [0.2, 0.25) is 0 Å². The Bertz CT molecular complexity index is 222. The molecule has 0 radical (unpaired) electrons. The predicted octanol–water partition coefficient (Wildman–Crippen LogP) is 2.01. The van der Waals surface area contributed by atoms with Crippen LogP contribution in [-0.2, 0) is 4.74 Å². The van der Waals surface area contributed by atoms with Crippen molar-refractivity contribution in [3.05, 3.63) is 24.0 Å². The Morgan fingerprint density at radius 1 is 1.82 bits per heavy atom. The summed E-state index contributed by atoms with van der Waals surface area (Å²) in [5, 5.41) is 8.41. The van der Waals surface area contributed by atoms with Gasteiger partial charge in [0, 0.05) is 6.42 Å². The van der Waals surface area contributed by atoms with Gasteiger partial charge in [0.1, 0.15) is 5.76 Å². The molecule has 0 aliphatic heterocycles. The average Bonchev–Trinajstić information content (AvgIpc) is 2.07. The summed E-state index contributed by atoms with van der Waals surface area (Å²) in [5.74, 6) is 1.29. The van der Waals surface area contributed by atoms with Gasteiger partial charge in [-0.15, -0.1) is 0 Å². The SMILES string of the molecule is COC1=CCC(CC#N)C=C1. The average molecular weight is 149 g/mol. The van der Waals surface area contributed by atoms with Crippen molar-refractivity contribution in [3.8, 4) is 6.07 Å². The largest absolute Gasteiger partial charge is 0.497 e. The molecule has 0 heterocycles. The van der Waals surface area contributed by atoms with E-state index in [9.17, 15) is 0 Å². The summed E-state index contributed by atoms with van der Waals surface area (Å²) in [6.45, 7) is 0. The number of nitrogens with zero attached hydrogens (tertiary/aromatic N) is 1. The van der Waals surface area contributed by atoms with Crippen LogP contribution in [0.5, 0.6) is 0 Å². The second-order valence-electron chi connectivity index (χ2n) is 2.53. The molecule has 1 aliphatic rings. The predicted molar refractivity (Wildman–Crippen MR) is 42.6 cm³/mol. The molecule has 0 saturated heterocycles. The molecule has 0 bridgehead atoms. The van der Waals surface area contributed by atoms with Gasteiger partial charge in [0.15, 0.2) is 0 Å². The van der Waals surface area contributed by atoms with Crippen molar-refractivity contribution >= 4 is 0 Å². The molecule has 0 aromatic rings. The first-order valence-corrected chi connectivity index (χ1v) is 3.66. The highest BCUT2D eigenvalue weighted by molar-refractivity contribution is 5.18. The molecule has 1 unspecified atom stereocenters. The van der Waals surface area contributed by atoms with Gasteiger partial charge < -0.3 is 4.74 Å². The van der Waals surface area contributed by atoms with Gasteiger partial charge in [0.2, 0.25) is 0 Å². The molecule has 0 spiro atoms. The normalized spacial score (nSPS) is 22.2. The number of hydrogen-bond donors (Lipinski definition) is 0. The lowest BCUT2D eigenvalue weighted by atomic mass is 9.97. The maximum absolute atomic E-state index is 8.41. The standard InChI is InChI=1S/C9H11NO/c1-11-9-4-2-8(3-5-9)6-7-10/h2,4-5,8H,3,6H2,1H3. The van der Waals surface area contributed by atoms with Gasteiger partial charge in [0.25, 0.3) is 0 Å². The highest BCUT2D eigenvalue weighted by Gasteiger charge is 2.07. The van der Waals surface area contributed by atoms with E-state index in [1.54, 1.807) is 7.11 Å². The maximum Gasteiger partial charge on any atom is 0.114 e. The molecule has 1 rings (SSSR count). The fourth-order valence-electron chi connectivity index (χ4n) is 1.07. The van der Waals surface area contributed by atoms with Crippen LogP contribution in [0, 0.1) is 17.2 Å². The van der Waals surface area contributed by atoms with Crippen LogP contribution in [0.15, 0.2) is 24.0 Å². The zero-order valence-corrected chi connectivity index (χ0v) is 6.58. The van der Waals surface area contributed by atoms with Crippen LogP contribution in [0.4, 0.5) is 0 Å². The van der Waals surface area contributed by atoms with Crippen LogP contribution in [0.25, 0.3) is 0 Å². The number of hydrogen-bond acceptors (Lipinski definition) is 2. The van der Waals surface area contributed by atoms with E-state index in [4.69, 9.17) is 10.00 Å². The van der Waals surface area contributed by atoms with Crippen LogP contribution in [0.3, 0.4) is 0 Å². The third-order valence-electron chi connectivity index (χ3n) is 1.74. The molecule has 1 atom stereocenters. The molecule has 0 aromatic carbocycles. The van der Waals surface area contributed by atoms with Crippen molar-refractivity contribution < 1.29 is 4.74 Å². The summed E-state index contributed by atoms with van der Waals surface area (Å²) in [6.07, 6.45) is 7.49. The monoisotopic (exact) mass is 149 g/mol. The first-order valence-electron chi connectivity index (χ1n) is 3.66. The number of methoxy groups -OCH3 is 1. The van der Waals surface area contributed by atoms with E-state index in [2.05, 4.69) is 6.07 Å². The molecule has 2 nitrogen and oxygen atoms in total. The molecule has 58 valence electrons. The minimum Gasteiger partial charge on any atom is -0.497 e. The zero-order chi connectivity index (χ0) is 8.10. The Morgan fingerprint density at radius 2 is 2.64 bits per heavy atom. The summed E-state index contributed by atoms with van der Waals surface area (Å²) in [6, 6.07) is 2.15. The Morgan fingerprint density at radius 3 is 3.09 bits per heavy atom. The van der Waals surface area contributed by atoms with Crippen molar-refractivity contribution in [1.29, 1.82) is 5.26 Å². The topological polar surface area (TPSA) is 33.0 Å². The lowest BCUT2D eigenvalue weighted by Crippen LogP contribution is -1.99. The lowest BCUT2D eigenvalue weighted by molar-refractivity contribution is 0.301. The molecule has 11 heavy (non-hydrogen) atoms. The van der Waals surface area contributed by atoms with Gasteiger partial charge in [-0.2, -0.15) is 5.26 Å². The van der Waals surface area contributed by atoms with Gasteiger partial charge in [-0.05, 0) is 24.5 Å². The van der Waals surface area contributed by atoms with Crippen molar-refractivity contribution in [1.82, 2.24) is 0 Å². The quantitative estimate of drug-likeness (QED) is 0.601. The third kappa shape index (κ3) is 2.12. The molecule has 0 saturated carbocycles. The summed E-state index contributed by atoms with van der Waals surface area (Å²) in [4.78, 5) is 0. The Kier molecular flexibility index (Phi) is 2.74. The van der Waals surface area contributed by atoms with E-state index < -0.39 is 0 Å². The van der Waals surface area contributed by atoms with Gasteiger partial charge in [-0.1, -0.05) is 6.08 Å². The number of rotatable bonds is 2. The van der Waals surface area contributed by atoms with Crippen molar-refractivity contribution in [2.75, 3.05) is 7.11 Å². The molecule has 0 N–H and O–H groups in total. The molecule has 1 aliphatic carbocycles. The van der Waals surface area contributed by atoms with Crippen molar-refractivity contribution in [3.63, 3.8) is 0 Å². The molecule has 0 aromatic heterocycles. The second kappa shape index (κ2) is 3.82. The van der Waals surface area contributed by atoms with Crippen LogP contribution >= 0.6 is 0 Å². The molecular weight excluding hydrogens is 138 g/mol. The summed E-state index contributed by atoms with van der Waals surface area (Å²) >= 11 is 0. The van der Waals surface area contributed by atoms with E-state index in [1.165, 1.54) is 0 Å². The maximum atomic E-state index is 8.41. The van der Waals surface area contributed by atoms with Crippen molar-refractivity contribution in [2.45, 2.75) is 12.8 Å². The Labute approximate surface area is 66.8 Å². The van der Waals surface area contributed by atoms with E-state index in [1.807, 2.05) is 18.2 Å². The molecular formula is C9H11NO. The smallest absolute Gasteiger partial charge is 0.114 e. The lowest BCUT2D eigenvalue weighted by Gasteiger charge is -2.11. The van der Waals surface area contributed by atoms with Gasteiger partial charge in [-0.3, -0.25) is 0 Å². The van der Waals surface area contributed by atoms with E-state index in [0.717, 1.165) is 12.2 Å². The highest BCUT2D eigenvalue weighted by Crippen LogP contribution is 2.18. The molecule has 0 fully saturated rings. The Balaban J connectivity index is 2.45. The van der Waals surface area contributed by atoms with Crippen LogP contribution in [-0.4, -0.2) is 7.11 Å². The van der Waals surface area contributed by atoms with Crippen molar-refractivity contribution in [2.24, 2.45) is 5.92 Å². The minimum atomic E-state index is 0.388. The second-order valence-corrected chi connectivity index (χ2v) is 2.53. The Hall–Kier alpha value is -1.23. The summed E-state index contributed by atoms with van der Waals surface area (Å²) < 4.78 is 5.01. The highest BCUT2D eigenvalue weighted by atomic mass is 16.5. The van der Waals surface area contributed by atoms with Crippen LogP contribution in [0.1, 0.15) is 12.8 Å². The molecule has 0 amide bonds. The van der Waals surface area contributed by atoms with Gasteiger partial charge in [-0.25, -0.2) is 0 Å². The number of ether oxygens (including phenoxy) is 1. The first-order chi connectivity index (χ1) is 5.36. The number of nitriles is 1. The van der Waals surface area contributed by atoms with E-state index in [0.29, 0.717) is 12.3 Å². The first kappa shape index (κ1) is 7.87. The third-order valence-corrected chi connectivity index (χ3v) is 1.74. The van der Waals surface area contributed by atoms with Gasteiger partial charge >= 0.3 is 0 Å². The molecule has 2 heteroatoms. The fourth-order valence-corrected chi connectivity index (χ4v) is 1.07. The van der Waals surface area contributed by atoms with E-state index >= 15 is 0 Å². The van der Waals surface area contributed by atoms with Crippen LogP contribution < -0.4 is 0 Å². The summed E-state index contributed by atoms with van der Waals surface area (Å²) in [7, 11) is 1.65. The number of allylic oxidation sites excluding steroid dienone is 3. The van der Waals surface area contributed by atoms with E-state index in [-0.39, 0.29) is 0 Å². The fraction of sp³-hybridized carbons (Fsp3) is 0.444. The van der Waals surface area contributed by atoms with Gasteiger partial charge in [0.05, 0.1) is 13.2 Å². The zero-order valence-electron chi connectivity index (χ0n) is 6.58.